The van der Waals surface area contributed by atoms with Gasteiger partial charge in [0.1, 0.15) is 0 Å². The maximum Gasteiger partial charge on any atom is 0.0518 e. The highest BCUT2D eigenvalue weighted by atomic mass is 79.9. The molecule has 0 aromatic heterocycles. The van der Waals surface area contributed by atoms with Crippen molar-refractivity contribution in [2.45, 2.75) is 32.8 Å². The van der Waals surface area contributed by atoms with Crippen molar-refractivity contribution in [3.8, 4) is 0 Å². The number of rotatable bonds is 8. The van der Waals surface area contributed by atoms with E-state index in [2.05, 4.69) is 41.7 Å². The van der Waals surface area contributed by atoms with Gasteiger partial charge in [-0.05, 0) is 33.2 Å². The van der Waals surface area contributed by atoms with Crippen molar-refractivity contribution < 1.29 is 4.74 Å². The first-order valence-corrected chi connectivity index (χ1v) is 5.58. The van der Waals surface area contributed by atoms with Crippen LogP contribution < -0.4 is 5.32 Å². The van der Waals surface area contributed by atoms with Gasteiger partial charge in [0.05, 0.1) is 6.10 Å². The van der Waals surface area contributed by atoms with Crippen LogP contribution in [0.4, 0.5) is 0 Å². The van der Waals surface area contributed by atoms with E-state index in [9.17, 15) is 0 Å². The zero-order chi connectivity index (χ0) is 10.1. The Kier molecular flexibility index (Phi) is 8.82. The highest BCUT2D eigenvalue weighted by molar-refractivity contribution is 9.11. The minimum Gasteiger partial charge on any atom is -0.379 e. The van der Waals surface area contributed by atoms with Crippen LogP contribution in [0, 0.1) is 0 Å². The number of hydrogen-bond donors (Lipinski definition) is 1. The average Bonchev–Trinajstić information content (AvgIpc) is 2.01. The molecule has 0 aromatic carbocycles. The third-order valence-corrected chi connectivity index (χ3v) is 1.80. The van der Waals surface area contributed by atoms with Gasteiger partial charge in [0.2, 0.25) is 0 Å². The molecule has 13 heavy (non-hydrogen) atoms. The van der Waals surface area contributed by atoms with Gasteiger partial charge in [-0.15, -0.1) is 0 Å². The van der Waals surface area contributed by atoms with E-state index in [1.54, 1.807) is 0 Å². The summed E-state index contributed by atoms with van der Waals surface area (Å²) >= 11 is 3.29. The Balaban J connectivity index is 2.96. The Morgan fingerprint density at radius 1 is 1.46 bits per heavy atom. The first-order chi connectivity index (χ1) is 6.13. The van der Waals surface area contributed by atoms with E-state index in [0.717, 1.165) is 37.0 Å². The molecule has 3 heteroatoms. The molecule has 78 valence electrons. The van der Waals surface area contributed by atoms with Crippen molar-refractivity contribution in [3.05, 3.63) is 11.1 Å². The average molecular weight is 250 g/mol. The molecule has 0 atom stereocenters. The Morgan fingerprint density at radius 2 is 2.15 bits per heavy atom. The molecule has 0 unspecified atom stereocenters. The van der Waals surface area contributed by atoms with Gasteiger partial charge in [0.15, 0.2) is 0 Å². The van der Waals surface area contributed by atoms with E-state index in [1.165, 1.54) is 0 Å². The molecule has 0 saturated carbocycles. The lowest BCUT2D eigenvalue weighted by atomic mass is 10.3. The molecule has 0 spiro atoms. The lowest BCUT2D eigenvalue weighted by Crippen LogP contribution is -2.17. The second-order valence-corrected chi connectivity index (χ2v) is 4.44. The third-order valence-electron chi connectivity index (χ3n) is 1.52. The lowest BCUT2D eigenvalue weighted by Gasteiger charge is -2.07. The van der Waals surface area contributed by atoms with Gasteiger partial charge < -0.3 is 10.1 Å². The van der Waals surface area contributed by atoms with Crippen molar-refractivity contribution in [2.24, 2.45) is 0 Å². The summed E-state index contributed by atoms with van der Waals surface area (Å²) in [5.41, 5.74) is 0. The van der Waals surface area contributed by atoms with Crippen LogP contribution in [-0.4, -0.2) is 25.8 Å². The van der Waals surface area contributed by atoms with Gasteiger partial charge in [-0.3, -0.25) is 0 Å². The summed E-state index contributed by atoms with van der Waals surface area (Å²) in [6.45, 7) is 10.6. The molecule has 0 amide bonds. The van der Waals surface area contributed by atoms with E-state index in [4.69, 9.17) is 4.74 Å². The molecule has 1 N–H and O–H groups in total. The Hall–Kier alpha value is 0.140. The molecule has 0 aliphatic carbocycles. The van der Waals surface area contributed by atoms with Crippen molar-refractivity contribution in [1.82, 2.24) is 5.32 Å². The van der Waals surface area contributed by atoms with Crippen molar-refractivity contribution in [3.63, 3.8) is 0 Å². The molecule has 0 rings (SSSR count). The number of unbranched alkanes of at least 4 members (excludes halogenated alkanes) is 1. The zero-order valence-corrected chi connectivity index (χ0v) is 10.2. The molecule has 0 aliphatic heterocycles. The van der Waals surface area contributed by atoms with Crippen LogP contribution in [0.5, 0.6) is 0 Å². The summed E-state index contributed by atoms with van der Waals surface area (Å²) in [5, 5.41) is 3.27. The van der Waals surface area contributed by atoms with Crippen LogP contribution in [0.25, 0.3) is 0 Å². The van der Waals surface area contributed by atoms with Crippen molar-refractivity contribution >= 4 is 15.9 Å². The minimum absolute atomic E-state index is 0.357. The molecule has 0 aromatic rings. The summed E-state index contributed by atoms with van der Waals surface area (Å²) in [5.74, 6) is 0. The first kappa shape index (κ1) is 13.1. The molecular formula is C10H20BrNO. The fourth-order valence-electron chi connectivity index (χ4n) is 0.895. The summed E-state index contributed by atoms with van der Waals surface area (Å²) in [6.07, 6.45) is 2.64. The number of halogens is 1. The van der Waals surface area contributed by atoms with Gasteiger partial charge >= 0.3 is 0 Å². The van der Waals surface area contributed by atoms with Crippen molar-refractivity contribution in [2.75, 3.05) is 19.7 Å². The number of hydrogen-bond acceptors (Lipinski definition) is 2. The quantitative estimate of drug-likeness (QED) is 0.669. The van der Waals surface area contributed by atoms with Gasteiger partial charge in [-0.2, -0.15) is 0 Å². The second-order valence-electron chi connectivity index (χ2n) is 3.32. The highest BCUT2D eigenvalue weighted by Gasteiger charge is 1.93. The molecular weight excluding hydrogens is 230 g/mol. The van der Waals surface area contributed by atoms with Gasteiger partial charge in [-0.1, -0.05) is 22.5 Å². The monoisotopic (exact) mass is 249 g/mol. The molecule has 0 heterocycles. The normalized spacial score (nSPS) is 10.8. The topological polar surface area (TPSA) is 21.3 Å². The summed E-state index contributed by atoms with van der Waals surface area (Å²) in [4.78, 5) is 0. The molecule has 2 nitrogen and oxygen atoms in total. The number of ether oxygens (including phenoxy) is 1. The fraction of sp³-hybridized carbons (Fsp3) is 0.800. The van der Waals surface area contributed by atoms with Crippen LogP contribution in [0.1, 0.15) is 26.7 Å². The van der Waals surface area contributed by atoms with Crippen LogP contribution >= 0.6 is 15.9 Å². The number of nitrogens with one attached hydrogen (secondary N) is 1. The van der Waals surface area contributed by atoms with Crippen molar-refractivity contribution in [1.29, 1.82) is 0 Å². The van der Waals surface area contributed by atoms with E-state index < -0.39 is 0 Å². The van der Waals surface area contributed by atoms with Gasteiger partial charge in [-0.25, -0.2) is 0 Å². The lowest BCUT2D eigenvalue weighted by molar-refractivity contribution is 0.0761. The van der Waals surface area contributed by atoms with Gasteiger partial charge in [0.25, 0.3) is 0 Å². The SMILES string of the molecule is C=C(Br)CNCCCCOC(C)C. The standard InChI is InChI=1S/C10H20BrNO/c1-9(2)13-7-5-4-6-12-8-10(3)11/h9,12H,3-8H2,1-2H3. The van der Waals surface area contributed by atoms with E-state index in [1.807, 2.05) is 0 Å². The molecule has 0 saturated heterocycles. The first-order valence-electron chi connectivity index (χ1n) is 4.78. The van der Waals surface area contributed by atoms with Crippen LogP contribution in [0.2, 0.25) is 0 Å². The molecule has 0 bridgehead atoms. The second kappa shape index (κ2) is 8.73. The predicted octanol–water partition coefficient (Wildman–Crippen LogP) is 2.69. The summed E-state index contributed by atoms with van der Waals surface area (Å²) < 4.78 is 6.42. The fourth-order valence-corrected chi connectivity index (χ4v) is 1.09. The summed E-state index contributed by atoms with van der Waals surface area (Å²) in [6, 6.07) is 0. The predicted molar refractivity (Wildman–Crippen MR) is 61.3 cm³/mol. The zero-order valence-electron chi connectivity index (χ0n) is 8.61. The molecule has 0 radical (unpaired) electrons. The van der Waals surface area contributed by atoms with Crippen LogP contribution in [0.15, 0.2) is 11.1 Å². The highest BCUT2D eigenvalue weighted by Crippen LogP contribution is 1.97. The Bertz CT molecular complexity index is 137. The third kappa shape index (κ3) is 12.1. The molecule has 0 fully saturated rings. The minimum atomic E-state index is 0.357. The Labute approximate surface area is 89.9 Å². The van der Waals surface area contributed by atoms with Crippen LogP contribution in [-0.2, 0) is 4.74 Å². The smallest absolute Gasteiger partial charge is 0.0518 e. The molecule has 0 aliphatic rings. The maximum atomic E-state index is 5.41. The van der Waals surface area contributed by atoms with E-state index in [-0.39, 0.29) is 0 Å². The van der Waals surface area contributed by atoms with E-state index in [0.29, 0.717) is 6.10 Å². The van der Waals surface area contributed by atoms with E-state index >= 15 is 0 Å². The van der Waals surface area contributed by atoms with Gasteiger partial charge in [0, 0.05) is 17.6 Å². The Morgan fingerprint density at radius 3 is 2.69 bits per heavy atom. The largest absolute Gasteiger partial charge is 0.379 e. The maximum absolute atomic E-state index is 5.41. The summed E-state index contributed by atoms with van der Waals surface area (Å²) in [7, 11) is 0. The van der Waals surface area contributed by atoms with Crippen LogP contribution in [0.3, 0.4) is 0 Å².